The number of aliphatic imine (C=N–C) groups is 1. The highest BCUT2D eigenvalue weighted by Gasteiger charge is 2.23. The third kappa shape index (κ3) is 2.82. The first kappa shape index (κ1) is 14.5. The number of nitrogens with two attached hydrogens (primary N) is 1. The molecule has 2 N–H and O–H groups in total. The van der Waals surface area contributed by atoms with E-state index in [2.05, 4.69) is 11.6 Å². The molecule has 0 unspecified atom stereocenters. The number of benzene rings is 1. The van der Waals surface area contributed by atoms with Gasteiger partial charge in [-0.1, -0.05) is 25.1 Å². The van der Waals surface area contributed by atoms with Crippen LogP contribution in [0.15, 0.2) is 35.5 Å². The van der Waals surface area contributed by atoms with E-state index in [1.165, 1.54) is 25.5 Å². The minimum Gasteiger partial charge on any atom is -0.398 e. The number of rotatable bonds is 4. The molecular weight excluding hydrogens is 251 g/mol. The lowest BCUT2D eigenvalue weighted by molar-refractivity contribution is 0.416. The van der Waals surface area contributed by atoms with Gasteiger partial charge in [-0.15, -0.1) is 0 Å². The number of halogens is 1. The molecule has 0 amide bonds. The zero-order valence-electron chi connectivity index (χ0n) is 12.1. The van der Waals surface area contributed by atoms with Crippen molar-refractivity contribution < 1.29 is 4.39 Å². The molecule has 106 valence electrons. The maximum absolute atomic E-state index is 14.6. The molecule has 0 bridgehead atoms. The summed E-state index contributed by atoms with van der Waals surface area (Å²) in [6.45, 7) is 7.24. The van der Waals surface area contributed by atoms with E-state index >= 15 is 0 Å². The van der Waals surface area contributed by atoms with E-state index < -0.39 is 0 Å². The number of allylic oxidation sites excluding steroid dienone is 2. The molecule has 1 aliphatic rings. The van der Waals surface area contributed by atoms with E-state index in [1.54, 1.807) is 6.08 Å². The van der Waals surface area contributed by atoms with Gasteiger partial charge in [0, 0.05) is 17.5 Å². The molecule has 0 saturated heterocycles. The van der Waals surface area contributed by atoms with Crippen molar-refractivity contribution in [1.82, 2.24) is 0 Å². The van der Waals surface area contributed by atoms with Gasteiger partial charge in [-0.2, -0.15) is 0 Å². The highest BCUT2D eigenvalue weighted by Crippen LogP contribution is 2.39. The average Bonchev–Trinajstić information content (AvgIpc) is 2.35. The number of hydrogen-bond acceptors (Lipinski definition) is 2. The highest BCUT2D eigenvalue weighted by molar-refractivity contribution is 5.83. The molecular formula is C17H21FN2. The van der Waals surface area contributed by atoms with Gasteiger partial charge in [0.25, 0.3) is 0 Å². The van der Waals surface area contributed by atoms with Crippen molar-refractivity contribution in [2.45, 2.75) is 39.0 Å². The van der Waals surface area contributed by atoms with Crippen LogP contribution in [0.5, 0.6) is 0 Å². The van der Waals surface area contributed by atoms with Crippen molar-refractivity contribution in [3.63, 3.8) is 0 Å². The Hall–Kier alpha value is -1.90. The van der Waals surface area contributed by atoms with Crippen LogP contribution in [0.4, 0.5) is 4.39 Å². The van der Waals surface area contributed by atoms with Crippen LogP contribution in [0.25, 0.3) is 5.70 Å². The van der Waals surface area contributed by atoms with Crippen LogP contribution in [-0.4, -0.2) is 6.21 Å². The molecule has 0 aliphatic heterocycles. The predicted molar refractivity (Wildman–Crippen MR) is 83.2 cm³/mol. The molecule has 0 heterocycles. The normalized spacial score (nSPS) is 16.4. The van der Waals surface area contributed by atoms with Crippen LogP contribution in [0.1, 0.15) is 48.8 Å². The quantitative estimate of drug-likeness (QED) is 0.815. The van der Waals surface area contributed by atoms with Crippen molar-refractivity contribution in [2.24, 2.45) is 10.7 Å². The SMILES string of the molecule is C=C(N)/C=N\C(=C/C)c1ccc(C2CCC2)c(C)c1F. The van der Waals surface area contributed by atoms with Crippen LogP contribution in [0.3, 0.4) is 0 Å². The molecule has 2 nitrogen and oxygen atoms in total. The van der Waals surface area contributed by atoms with E-state index in [0.29, 0.717) is 22.9 Å². The van der Waals surface area contributed by atoms with Crippen molar-refractivity contribution in [3.05, 3.63) is 53.0 Å². The molecule has 1 aromatic carbocycles. The summed E-state index contributed by atoms with van der Waals surface area (Å²) in [7, 11) is 0. The fourth-order valence-corrected chi connectivity index (χ4v) is 2.51. The van der Waals surface area contributed by atoms with Crippen LogP contribution >= 0.6 is 0 Å². The molecule has 0 spiro atoms. The van der Waals surface area contributed by atoms with Crippen molar-refractivity contribution >= 4 is 11.9 Å². The topological polar surface area (TPSA) is 38.4 Å². The zero-order valence-corrected chi connectivity index (χ0v) is 12.1. The van der Waals surface area contributed by atoms with E-state index in [4.69, 9.17) is 5.73 Å². The lowest BCUT2D eigenvalue weighted by Gasteiger charge is -2.27. The van der Waals surface area contributed by atoms with Gasteiger partial charge in [0.2, 0.25) is 0 Å². The van der Waals surface area contributed by atoms with E-state index in [1.807, 2.05) is 26.0 Å². The molecule has 1 saturated carbocycles. The monoisotopic (exact) mass is 272 g/mol. The van der Waals surface area contributed by atoms with Gasteiger partial charge < -0.3 is 5.73 Å². The van der Waals surface area contributed by atoms with Crippen LogP contribution < -0.4 is 5.73 Å². The Balaban J connectivity index is 2.37. The van der Waals surface area contributed by atoms with Gasteiger partial charge in [0.1, 0.15) is 5.82 Å². The molecule has 20 heavy (non-hydrogen) atoms. The fourth-order valence-electron chi connectivity index (χ4n) is 2.51. The molecule has 1 fully saturated rings. The summed E-state index contributed by atoms with van der Waals surface area (Å²) in [5.41, 5.74) is 8.80. The zero-order chi connectivity index (χ0) is 14.7. The van der Waals surface area contributed by atoms with Crippen molar-refractivity contribution in [1.29, 1.82) is 0 Å². The highest BCUT2D eigenvalue weighted by atomic mass is 19.1. The molecule has 2 rings (SSSR count). The van der Waals surface area contributed by atoms with Crippen molar-refractivity contribution in [3.8, 4) is 0 Å². The maximum atomic E-state index is 14.6. The van der Waals surface area contributed by atoms with Gasteiger partial charge >= 0.3 is 0 Å². The van der Waals surface area contributed by atoms with Crippen molar-refractivity contribution in [2.75, 3.05) is 0 Å². The van der Waals surface area contributed by atoms with Gasteiger partial charge in [0.05, 0.1) is 5.70 Å². The predicted octanol–water partition coefficient (Wildman–Crippen LogP) is 4.31. The summed E-state index contributed by atoms with van der Waals surface area (Å²) in [6, 6.07) is 3.86. The molecule has 3 heteroatoms. The van der Waals surface area contributed by atoms with Crippen LogP contribution in [-0.2, 0) is 0 Å². The fraction of sp³-hybridized carbons (Fsp3) is 0.353. The first-order chi connectivity index (χ1) is 9.54. The minimum atomic E-state index is -0.178. The second-order valence-corrected chi connectivity index (χ2v) is 5.28. The first-order valence-electron chi connectivity index (χ1n) is 6.98. The largest absolute Gasteiger partial charge is 0.398 e. The van der Waals surface area contributed by atoms with Gasteiger partial charge in [-0.3, -0.25) is 4.99 Å². The van der Waals surface area contributed by atoms with Gasteiger partial charge in [0.15, 0.2) is 0 Å². The van der Waals surface area contributed by atoms with E-state index in [0.717, 1.165) is 11.1 Å². The standard InChI is InChI=1S/C17H21FN2/c1-4-16(20-10-11(2)19)15-9-8-14(12(3)17(15)18)13-6-5-7-13/h4,8-10,13H,2,5-7,19H2,1,3H3/b16-4-,20-10-. The lowest BCUT2D eigenvalue weighted by Crippen LogP contribution is -2.11. The second-order valence-electron chi connectivity index (χ2n) is 5.28. The summed E-state index contributed by atoms with van der Waals surface area (Å²) in [5.74, 6) is 0.349. The minimum absolute atomic E-state index is 0.178. The molecule has 0 aromatic heterocycles. The molecule has 0 atom stereocenters. The van der Waals surface area contributed by atoms with Crippen LogP contribution in [0, 0.1) is 12.7 Å². The number of hydrogen-bond donors (Lipinski definition) is 1. The van der Waals surface area contributed by atoms with Crippen LogP contribution in [0.2, 0.25) is 0 Å². The maximum Gasteiger partial charge on any atom is 0.135 e. The smallest absolute Gasteiger partial charge is 0.135 e. The first-order valence-corrected chi connectivity index (χ1v) is 6.98. The second kappa shape index (κ2) is 6.04. The number of nitrogens with zero attached hydrogens (tertiary/aromatic N) is 1. The molecule has 1 aliphatic carbocycles. The van der Waals surface area contributed by atoms with Gasteiger partial charge in [-0.25, -0.2) is 4.39 Å². The Morgan fingerprint density at radius 1 is 1.45 bits per heavy atom. The Morgan fingerprint density at radius 2 is 2.15 bits per heavy atom. The summed E-state index contributed by atoms with van der Waals surface area (Å²) in [4.78, 5) is 4.19. The summed E-state index contributed by atoms with van der Waals surface area (Å²) >= 11 is 0. The summed E-state index contributed by atoms with van der Waals surface area (Å²) < 4.78 is 14.6. The summed E-state index contributed by atoms with van der Waals surface area (Å²) in [5, 5.41) is 0. The van der Waals surface area contributed by atoms with E-state index in [-0.39, 0.29) is 5.82 Å². The Morgan fingerprint density at radius 3 is 2.65 bits per heavy atom. The summed E-state index contributed by atoms with van der Waals surface area (Å²) in [6.07, 6.45) is 6.81. The third-order valence-corrected chi connectivity index (χ3v) is 3.89. The Kier molecular flexibility index (Phi) is 4.38. The lowest BCUT2D eigenvalue weighted by atomic mass is 9.78. The molecule has 0 radical (unpaired) electrons. The Labute approximate surface area is 119 Å². The molecule has 1 aromatic rings. The Bertz CT molecular complexity index is 581. The van der Waals surface area contributed by atoms with Gasteiger partial charge in [-0.05, 0) is 49.8 Å². The third-order valence-electron chi connectivity index (χ3n) is 3.89. The average molecular weight is 272 g/mol. The van der Waals surface area contributed by atoms with E-state index in [9.17, 15) is 4.39 Å².